The minimum absolute atomic E-state index is 0.143. The van der Waals surface area contributed by atoms with Gasteiger partial charge in [-0.2, -0.15) is 0 Å². The zero-order chi connectivity index (χ0) is 19.2. The first-order chi connectivity index (χ1) is 13.1. The molecule has 2 N–H and O–H groups in total. The van der Waals surface area contributed by atoms with Gasteiger partial charge in [-0.15, -0.1) is 5.10 Å². The van der Waals surface area contributed by atoms with Crippen molar-refractivity contribution in [1.29, 1.82) is 0 Å². The first kappa shape index (κ1) is 19.0. The molecule has 3 rings (SSSR count). The average Bonchev–Trinajstić information content (AvgIpc) is 3.38. The number of unbranched alkanes of at least 4 members (excludes halogenated alkanes) is 1. The monoisotopic (exact) mass is 373 g/mol. The molecule has 0 aliphatic heterocycles. The van der Waals surface area contributed by atoms with Gasteiger partial charge in [0.2, 0.25) is 0 Å². The first-order valence-corrected chi connectivity index (χ1v) is 9.34. The summed E-state index contributed by atoms with van der Waals surface area (Å²) in [5.74, 6) is -0.381. The Morgan fingerprint density at radius 2 is 1.93 bits per heavy atom. The molecule has 2 aromatic rings. The minimum Gasteiger partial charge on any atom is -0.352 e. The normalized spacial score (nSPS) is 13.4. The van der Waals surface area contributed by atoms with Gasteiger partial charge in [0.05, 0.1) is 18.1 Å². The summed E-state index contributed by atoms with van der Waals surface area (Å²) in [6.07, 6.45) is 3.49. The average molecular weight is 373 g/mol. The quantitative estimate of drug-likeness (QED) is 0.660. The molecule has 0 saturated heterocycles. The third-order valence-corrected chi connectivity index (χ3v) is 4.40. The van der Waals surface area contributed by atoms with Crippen LogP contribution in [-0.2, 0) is 6.42 Å². The Balaban J connectivity index is 1.85. The van der Waals surface area contributed by atoms with Crippen molar-refractivity contribution in [2.24, 2.45) is 0 Å². The van der Waals surface area contributed by atoms with E-state index in [-0.39, 0.29) is 23.6 Å². The van der Waals surface area contributed by atoms with Gasteiger partial charge in [-0.1, -0.05) is 5.21 Å². The fourth-order valence-corrected chi connectivity index (χ4v) is 2.79. The molecule has 8 heteroatoms. The number of amides is 2. The number of rotatable bonds is 9. The van der Waals surface area contributed by atoms with Crippen LogP contribution in [0.2, 0.25) is 0 Å². The highest BCUT2D eigenvalue weighted by molar-refractivity contribution is 5.94. The SMILES string of the molecule is CCNC(=O)c1ccc(-n2nnc(C(=O)NC3CC3)c2CCCCF)cc1. The standard InChI is InChI=1S/C19H24FN5O2/c1-2-21-18(26)13-6-10-15(11-7-13)25-16(5-3-4-12-20)17(23-24-25)19(27)22-14-8-9-14/h6-7,10-11,14H,2-5,8-9,12H2,1H3,(H,21,26)(H,22,27). The van der Waals surface area contributed by atoms with E-state index in [1.54, 1.807) is 28.9 Å². The number of nitrogens with zero attached hydrogens (tertiary/aromatic N) is 3. The van der Waals surface area contributed by atoms with Crippen molar-refractivity contribution in [2.45, 2.75) is 45.1 Å². The molecule has 1 aliphatic carbocycles. The Morgan fingerprint density at radius 1 is 1.19 bits per heavy atom. The maximum Gasteiger partial charge on any atom is 0.273 e. The highest BCUT2D eigenvalue weighted by Crippen LogP contribution is 2.21. The number of halogens is 1. The van der Waals surface area contributed by atoms with E-state index < -0.39 is 6.67 Å². The molecule has 2 amide bonds. The van der Waals surface area contributed by atoms with Gasteiger partial charge in [-0.05, 0) is 63.3 Å². The van der Waals surface area contributed by atoms with E-state index in [2.05, 4.69) is 20.9 Å². The van der Waals surface area contributed by atoms with Crippen LogP contribution >= 0.6 is 0 Å². The van der Waals surface area contributed by atoms with Crippen molar-refractivity contribution >= 4 is 11.8 Å². The largest absolute Gasteiger partial charge is 0.352 e. The van der Waals surface area contributed by atoms with Gasteiger partial charge >= 0.3 is 0 Å². The van der Waals surface area contributed by atoms with Gasteiger partial charge in [-0.25, -0.2) is 4.68 Å². The topological polar surface area (TPSA) is 88.9 Å². The second kappa shape index (κ2) is 8.75. The summed E-state index contributed by atoms with van der Waals surface area (Å²) in [4.78, 5) is 24.4. The van der Waals surface area contributed by atoms with Crippen molar-refractivity contribution in [3.05, 3.63) is 41.2 Å². The summed E-state index contributed by atoms with van der Waals surface area (Å²) in [7, 11) is 0. The van der Waals surface area contributed by atoms with Gasteiger partial charge in [-0.3, -0.25) is 14.0 Å². The number of carbonyl (C=O) groups is 2. The van der Waals surface area contributed by atoms with E-state index in [1.165, 1.54) is 0 Å². The van der Waals surface area contributed by atoms with Crippen LogP contribution in [0.4, 0.5) is 4.39 Å². The molecule has 27 heavy (non-hydrogen) atoms. The number of hydrogen-bond donors (Lipinski definition) is 2. The summed E-state index contributed by atoms with van der Waals surface area (Å²) >= 11 is 0. The van der Waals surface area contributed by atoms with E-state index in [0.717, 1.165) is 12.8 Å². The lowest BCUT2D eigenvalue weighted by Gasteiger charge is -2.09. The summed E-state index contributed by atoms with van der Waals surface area (Å²) in [6, 6.07) is 7.16. The van der Waals surface area contributed by atoms with E-state index in [4.69, 9.17) is 0 Å². The molecule has 0 spiro atoms. The van der Waals surface area contributed by atoms with Gasteiger partial charge in [0.15, 0.2) is 5.69 Å². The molecule has 1 heterocycles. The Morgan fingerprint density at radius 3 is 2.56 bits per heavy atom. The summed E-state index contributed by atoms with van der Waals surface area (Å²) < 4.78 is 14.1. The molecule has 0 bridgehead atoms. The molecule has 1 aromatic heterocycles. The van der Waals surface area contributed by atoms with Crippen molar-refractivity contribution in [2.75, 3.05) is 13.2 Å². The summed E-state index contributed by atoms with van der Waals surface area (Å²) in [5, 5.41) is 13.9. The van der Waals surface area contributed by atoms with E-state index in [1.807, 2.05) is 6.92 Å². The molecular formula is C19H24FN5O2. The van der Waals surface area contributed by atoms with Crippen LogP contribution in [0.3, 0.4) is 0 Å². The third kappa shape index (κ3) is 4.69. The maximum absolute atomic E-state index is 12.5. The first-order valence-electron chi connectivity index (χ1n) is 9.34. The van der Waals surface area contributed by atoms with Crippen molar-refractivity contribution in [3.63, 3.8) is 0 Å². The number of nitrogens with one attached hydrogen (secondary N) is 2. The zero-order valence-corrected chi connectivity index (χ0v) is 15.4. The Hall–Kier alpha value is -2.77. The maximum atomic E-state index is 12.5. The molecule has 1 aliphatic rings. The molecule has 1 aromatic carbocycles. The lowest BCUT2D eigenvalue weighted by atomic mass is 10.1. The number of aromatic nitrogens is 3. The van der Waals surface area contributed by atoms with Crippen LogP contribution in [0.5, 0.6) is 0 Å². The van der Waals surface area contributed by atoms with Gasteiger partial charge in [0.25, 0.3) is 11.8 Å². The lowest BCUT2D eigenvalue weighted by molar-refractivity contribution is 0.0940. The highest BCUT2D eigenvalue weighted by atomic mass is 19.1. The van der Waals surface area contributed by atoms with Gasteiger partial charge in [0, 0.05) is 18.2 Å². The highest BCUT2D eigenvalue weighted by Gasteiger charge is 2.27. The second-order valence-corrected chi connectivity index (χ2v) is 6.60. The molecular weight excluding hydrogens is 349 g/mol. The Labute approximate surface area is 157 Å². The molecule has 0 unspecified atom stereocenters. The minimum atomic E-state index is -0.396. The fourth-order valence-electron chi connectivity index (χ4n) is 2.79. The second-order valence-electron chi connectivity index (χ2n) is 6.60. The molecule has 1 saturated carbocycles. The third-order valence-electron chi connectivity index (χ3n) is 4.40. The van der Waals surface area contributed by atoms with Crippen molar-refractivity contribution in [3.8, 4) is 5.69 Å². The Kier molecular flexibility index (Phi) is 6.16. The molecule has 0 radical (unpaired) electrons. The summed E-state index contributed by atoms with van der Waals surface area (Å²) in [6.45, 7) is 2.02. The van der Waals surface area contributed by atoms with Crippen LogP contribution in [0.1, 0.15) is 59.1 Å². The smallest absolute Gasteiger partial charge is 0.273 e. The molecule has 1 fully saturated rings. The van der Waals surface area contributed by atoms with E-state index in [9.17, 15) is 14.0 Å². The molecule has 7 nitrogen and oxygen atoms in total. The van der Waals surface area contributed by atoms with E-state index >= 15 is 0 Å². The van der Waals surface area contributed by atoms with Crippen LogP contribution in [-0.4, -0.2) is 46.1 Å². The van der Waals surface area contributed by atoms with Crippen LogP contribution < -0.4 is 10.6 Å². The van der Waals surface area contributed by atoms with Gasteiger partial charge < -0.3 is 10.6 Å². The van der Waals surface area contributed by atoms with Crippen LogP contribution in [0, 0.1) is 0 Å². The number of hydrogen-bond acceptors (Lipinski definition) is 4. The summed E-state index contributed by atoms with van der Waals surface area (Å²) in [5.41, 5.74) is 2.20. The van der Waals surface area contributed by atoms with Crippen LogP contribution in [0.15, 0.2) is 24.3 Å². The van der Waals surface area contributed by atoms with Crippen LogP contribution in [0.25, 0.3) is 5.69 Å². The predicted molar refractivity (Wildman–Crippen MR) is 98.8 cm³/mol. The Bertz CT molecular complexity index is 799. The van der Waals surface area contributed by atoms with Crippen molar-refractivity contribution in [1.82, 2.24) is 25.6 Å². The lowest BCUT2D eigenvalue weighted by Crippen LogP contribution is -2.27. The number of benzene rings is 1. The fraction of sp³-hybridized carbons (Fsp3) is 0.474. The van der Waals surface area contributed by atoms with Gasteiger partial charge in [0.1, 0.15) is 0 Å². The number of alkyl halides is 1. The zero-order valence-electron chi connectivity index (χ0n) is 15.4. The molecule has 0 atom stereocenters. The number of carbonyl (C=O) groups excluding carboxylic acids is 2. The van der Waals surface area contributed by atoms with Crippen molar-refractivity contribution < 1.29 is 14.0 Å². The molecule has 144 valence electrons. The van der Waals surface area contributed by atoms with E-state index in [0.29, 0.717) is 42.8 Å². The predicted octanol–water partition coefficient (Wildman–Crippen LogP) is 2.20.